The lowest BCUT2D eigenvalue weighted by Crippen LogP contribution is -2.21. The van der Waals surface area contributed by atoms with Gasteiger partial charge in [0.05, 0.1) is 6.26 Å². The summed E-state index contributed by atoms with van der Waals surface area (Å²) >= 11 is 0. The molecule has 0 aromatic rings. The van der Waals surface area contributed by atoms with Gasteiger partial charge in [0.2, 0.25) is 8.32 Å². The van der Waals surface area contributed by atoms with Crippen molar-refractivity contribution in [3.8, 4) is 0 Å². The first-order valence-corrected chi connectivity index (χ1v) is 8.86. The largest absolute Gasteiger partial charge is 0.550 e. The predicted octanol–water partition coefficient (Wildman–Crippen LogP) is 4.65. The lowest BCUT2D eigenvalue weighted by molar-refractivity contribution is 0.479. The van der Waals surface area contributed by atoms with E-state index in [2.05, 4.69) is 52.6 Å². The molecule has 2 heteroatoms. The maximum atomic E-state index is 5.63. The van der Waals surface area contributed by atoms with Gasteiger partial charge in [0.25, 0.3) is 0 Å². The van der Waals surface area contributed by atoms with E-state index < -0.39 is 8.32 Å². The Labute approximate surface area is 95.7 Å². The first-order chi connectivity index (χ1) is 6.81. The van der Waals surface area contributed by atoms with Gasteiger partial charge in [0.1, 0.15) is 0 Å². The van der Waals surface area contributed by atoms with E-state index in [-0.39, 0.29) is 0 Å². The Morgan fingerprint density at radius 3 is 2.13 bits per heavy atom. The molecule has 0 rings (SSSR count). The third-order valence-electron chi connectivity index (χ3n) is 1.72. The summed E-state index contributed by atoms with van der Waals surface area (Å²) in [6, 6.07) is 0. The van der Waals surface area contributed by atoms with E-state index in [1.807, 2.05) is 12.3 Å². The molecule has 0 aromatic carbocycles. The number of allylic oxidation sites excluding steroid dienone is 5. The maximum Gasteiger partial charge on any atom is 0.241 e. The molecule has 0 amide bonds. The van der Waals surface area contributed by atoms with Gasteiger partial charge in [-0.25, -0.2) is 0 Å². The summed E-state index contributed by atoms with van der Waals surface area (Å²) in [5, 5.41) is 0. The zero-order valence-electron chi connectivity index (χ0n) is 10.9. The molecule has 0 atom stereocenters. The molecule has 0 N–H and O–H groups in total. The predicted molar refractivity (Wildman–Crippen MR) is 71.4 cm³/mol. The smallest absolute Gasteiger partial charge is 0.241 e. The first-order valence-electron chi connectivity index (χ1n) is 5.46. The summed E-state index contributed by atoms with van der Waals surface area (Å²) in [6.07, 6.45) is 9.30. The molecule has 0 spiro atoms. The molecular formula is C13H24OSi. The molecule has 0 radical (unpaired) electrons. The fraction of sp³-hybridized carbons (Fsp3) is 0.538. The van der Waals surface area contributed by atoms with Crippen LogP contribution in [0.25, 0.3) is 0 Å². The van der Waals surface area contributed by atoms with Crippen LogP contribution in [0.1, 0.15) is 27.2 Å². The summed E-state index contributed by atoms with van der Waals surface area (Å²) in [4.78, 5) is 0. The van der Waals surface area contributed by atoms with Crippen molar-refractivity contribution in [2.45, 2.75) is 46.8 Å². The highest BCUT2D eigenvalue weighted by atomic mass is 28.4. The lowest BCUT2D eigenvalue weighted by Gasteiger charge is -2.14. The highest BCUT2D eigenvalue weighted by Crippen LogP contribution is 2.05. The molecule has 0 aliphatic heterocycles. The molecule has 0 saturated heterocycles. The highest BCUT2D eigenvalue weighted by Gasteiger charge is 2.12. The Morgan fingerprint density at radius 1 is 1.07 bits per heavy atom. The second-order valence-corrected chi connectivity index (χ2v) is 9.46. The van der Waals surface area contributed by atoms with Crippen molar-refractivity contribution < 1.29 is 4.43 Å². The van der Waals surface area contributed by atoms with Crippen molar-refractivity contribution in [3.05, 3.63) is 35.6 Å². The van der Waals surface area contributed by atoms with Gasteiger partial charge in [0.15, 0.2) is 0 Å². The van der Waals surface area contributed by atoms with Gasteiger partial charge in [-0.1, -0.05) is 23.3 Å². The van der Waals surface area contributed by atoms with Crippen molar-refractivity contribution in [3.63, 3.8) is 0 Å². The molecule has 0 fully saturated rings. The zero-order chi connectivity index (χ0) is 11.9. The second kappa shape index (κ2) is 6.67. The quantitative estimate of drug-likeness (QED) is 0.286. The van der Waals surface area contributed by atoms with Gasteiger partial charge in [-0.15, -0.1) is 0 Å². The van der Waals surface area contributed by atoms with Crippen LogP contribution in [0.15, 0.2) is 35.6 Å². The minimum absolute atomic E-state index is 1.01. The Hall–Kier alpha value is -0.763. The van der Waals surface area contributed by atoms with Crippen LogP contribution in [0, 0.1) is 0 Å². The van der Waals surface area contributed by atoms with Crippen molar-refractivity contribution >= 4 is 8.32 Å². The van der Waals surface area contributed by atoms with Crippen LogP contribution in [0.2, 0.25) is 19.6 Å². The number of hydrogen-bond donors (Lipinski definition) is 0. The van der Waals surface area contributed by atoms with Crippen LogP contribution < -0.4 is 0 Å². The fourth-order valence-corrected chi connectivity index (χ4v) is 1.37. The van der Waals surface area contributed by atoms with Gasteiger partial charge < -0.3 is 4.43 Å². The van der Waals surface area contributed by atoms with Crippen LogP contribution in [0.3, 0.4) is 0 Å². The van der Waals surface area contributed by atoms with Gasteiger partial charge in [-0.05, 0) is 52.9 Å². The van der Waals surface area contributed by atoms with Gasteiger partial charge in [0, 0.05) is 0 Å². The SMILES string of the molecule is CC(C)=CC/C=C(C)/C=C/O[Si](C)(C)C. The van der Waals surface area contributed by atoms with Crippen LogP contribution >= 0.6 is 0 Å². The Morgan fingerprint density at radius 2 is 1.67 bits per heavy atom. The molecular weight excluding hydrogens is 200 g/mol. The third kappa shape index (κ3) is 11.2. The van der Waals surface area contributed by atoms with Crippen LogP contribution in [-0.2, 0) is 4.43 Å². The summed E-state index contributed by atoms with van der Waals surface area (Å²) in [5.74, 6) is 0. The van der Waals surface area contributed by atoms with Crippen molar-refractivity contribution in [1.82, 2.24) is 0 Å². The zero-order valence-corrected chi connectivity index (χ0v) is 11.9. The Bertz CT molecular complexity index is 263. The van der Waals surface area contributed by atoms with Crippen molar-refractivity contribution in [1.29, 1.82) is 0 Å². The minimum Gasteiger partial charge on any atom is -0.550 e. The van der Waals surface area contributed by atoms with Gasteiger partial charge in [-0.2, -0.15) is 0 Å². The van der Waals surface area contributed by atoms with Crippen LogP contribution in [0.5, 0.6) is 0 Å². The summed E-state index contributed by atoms with van der Waals surface area (Å²) < 4.78 is 5.63. The first kappa shape index (κ1) is 14.2. The van der Waals surface area contributed by atoms with E-state index in [0.29, 0.717) is 0 Å². The monoisotopic (exact) mass is 224 g/mol. The van der Waals surface area contributed by atoms with E-state index in [1.54, 1.807) is 0 Å². The number of rotatable bonds is 5. The molecule has 0 unspecified atom stereocenters. The molecule has 0 heterocycles. The van der Waals surface area contributed by atoms with Gasteiger partial charge in [-0.3, -0.25) is 0 Å². The Kier molecular flexibility index (Phi) is 6.33. The standard InChI is InChI=1S/C13H24OSi/c1-12(2)8-7-9-13(3)10-11-14-15(4,5)6/h8-11H,7H2,1-6H3/b11-10+,13-9+. The molecule has 0 saturated carbocycles. The van der Waals surface area contributed by atoms with E-state index in [1.165, 1.54) is 11.1 Å². The normalized spacial score (nSPS) is 13.1. The maximum absolute atomic E-state index is 5.63. The highest BCUT2D eigenvalue weighted by molar-refractivity contribution is 6.69. The molecule has 0 bridgehead atoms. The van der Waals surface area contributed by atoms with E-state index in [0.717, 1.165) is 6.42 Å². The Balaban J connectivity index is 4.02. The molecule has 0 aromatic heterocycles. The lowest BCUT2D eigenvalue weighted by atomic mass is 10.2. The summed E-state index contributed by atoms with van der Waals surface area (Å²) in [7, 11) is -1.40. The molecule has 86 valence electrons. The van der Waals surface area contributed by atoms with Crippen molar-refractivity contribution in [2.24, 2.45) is 0 Å². The summed E-state index contributed by atoms with van der Waals surface area (Å²) in [5.41, 5.74) is 2.62. The average Bonchev–Trinajstić information content (AvgIpc) is 2.00. The van der Waals surface area contributed by atoms with E-state index in [4.69, 9.17) is 4.43 Å². The topological polar surface area (TPSA) is 9.23 Å². The number of hydrogen-bond acceptors (Lipinski definition) is 1. The van der Waals surface area contributed by atoms with E-state index in [9.17, 15) is 0 Å². The minimum atomic E-state index is -1.40. The van der Waals surface area contributed by atoms with Crippen LogP contribution in [-0.4, -0.2) is 8.32 Å². The van der Waals surface area contributed by atoms with Gasteiger partial charge >= 0.3 is 0 Å². The molecule has 15 heavy (non-hydrogen) atoms. The van der Waals surface area contributed by atoms with Crippen molar-refractivity contribution in [2.75, 3.05) is 0 Å². The third-order valence-corrected chi connectivity index (χ3v) is 2.56. The molecule has 1 nitrogen and oxygen atoms in total. The van der Waals surface area contributed by atoms with E-state index >= 15 is 0 Å². The second-order valence-electron chi connectivity index (χ2n) is 5.00. The summed E-state index contributed by atoms with van der Waals surface area (Å²) in [6.45, 7) is 12.9. The van der Waals surface area contributed by atoms with Crippen LogP contribution in [0.4, 0.5) is 0 Å². The fourth-order valence-electron chi connectivity index (χ4n) is 0.894. The molecule has 0 aliphatic rings. The molecule has 0 aliphatic carbocycles. The average molecular weight is 224 g/mol.